The average Bonchev–Trinajstić information content (AvgIpc) is 2.82. The number of carbonyl (C=O) groups is 3. The molecule has 1 aromatic carbocycles. The van der Waals surface area contributed by atoms with Crippen LogP contribution in [0.5, 0.6) is 0 Å². The second-order valence-electron chi connectivity index (χ2n) is 8.00. The van der Waals surface area contributed by atoms with Crippen LogP contribution < -0.4 is 5.32 Å². The van der Waals surface area contributed by atoms with E-state index in [9.17, 15) is 14.4 Å². The monoisotopic (exact) mass is 457 g/mol. The van der Waals surface area contributed by atoms with Crippen molar-refractivity contribution < 1.29 is 19.1 Å². The Kier molecular flexibility index (Phi) is 10.8. The lowest BCUT2D eigenvalue weighted by atomic mass is 10.0. The average molecular weight is 458 g/mol. The summed E-state index contributed by atoms with van der Waals surface area (Å²) in [5.74, 6) is 2.45. The van der Waals surface area contributed by atoms with Gasteiger partial charge in [-0.1, -0.05) is 49.6 Å². The van der Waals surface area contributed by atoms with Gasteiger partial charge in [-0.05, 0) is 12.0 Å². The standard InChI is InChI=1S/C16H26N4O3.C8H9NO/c1-5-7-13-16(22)19(8-10-23-9-6-2)11-14-18(4)17(3)12-15(21)20(13)14;10-7-9-6-8-4-2-1-3-5-8/h2,13-14H,5,7-12H2,1,3-4H3;1-5,7H,6H2,(H,9,10)/t13-,14?;/m0./s1. The first-order valence-electron chi connectivity index (χ1n) is 11.2. The zero-order valence-electron chi connectivity index (χ0n) is 19.8. The first-order chi connectivity index (χ1) is 15.9. The van der Waals surface area contributed by atoms with Crippen LogP contribution in [0.2, 0.25) is 0 Å². The van der Waals surface area contributed by atoms with E-state index in [1.54, 1.807) is 9.80 Å². The zero-order valence-corrected chi connectivity index (χ0v) is 19.8. The molecule has 0 saturated carbocycles. The molecule has 33 heavy (non-hydrogen) atoms. The highest BCUT2D eigenvalue weighted by atomic mass is 16.5. The maximum atomic E-state index is 12.8. The molecule has 1 unspecified atom stereocenters. The third-order valence-corrected chi connectivity index (χ3v) is 5.74. The molecule has 180 valence electrons. The molecule has 1 N–H and O–H groups in total. The Morgan fingerprint density at radius 1 is 1.24 bits per heavy atom. The Bertz CT molecular complexity index is 813. The highest BCUT2D eigenvalue weighted by Gasteiger charge is 2.47. The molecule has 1 aromatic rings. The Morgan fingerprint density at radius 3 is 2.61 bits per heavy atom. The minimum absolute atomic E-state index is 0.0127. The molecule has 0 aliphatic carbocycles. The molecule has 0 spiro atoms. The third kappa shape index (κ3) is 7.29. The van der Waals surface area contributed by atoms with Crippen LogP contribution in [0.4, 0.5) is 0 Å². The van der Waals surface area contributed by atoms with Crippen LogP contribution >= 0.6 is 0 Å². The molecular weight excluding hydrogens is 422 g/mol. The highest BCUT2D eigenvalue weighted by Crippen LogP contribution is 2.26. The molecule has 2 heterocycles. The van der Waals surface area contributed by atoms with Crippen molar-refractivity contribution in [2.24, 2.45) is 0 Å². The van der Waals surface area contributed by atoms with E-state index in [0.717, 1.165) is 12.0 Å². The predicted molar refractivity (Wildman–Crippen MR) is 125 cm³/mol. The van der Waals surface area contributed by atoms with E-state index in [2.05, 4.69) is 11.2 Å². The predicted octanol–water partition coefficient (Wildman–Crippen LogP) is 0.527. The van der Waals surface area contributed by atoms with E-state index < -0.39 is 0 Å². The van der Waals surface area contributed by atoms with E-state index >= 15 is 0 Å². The van der Waals surface area contributed by atoms with Gasteiger partial charge in [0, 0.05) is 27.2 Å². The molecule has 9 heteroatoms. The number of terminal acetylenes is 1. The third-order valence-electron chi connectivity index (χ3n) is 5.74. The van der Waals surface area contributed by atoms with Gasteiger partial charge in [0.15, 0.2) is 0 Å². The number of hydrogen-bond donors (Lipinski definition) is 1. The Balaban J connectivity index is 0.000000321. The van der Waals surface area contributed by atoms with Crippen molar-refractivity contribution in [3.05, 3.63) is 35.9 Å². The number of benzene rings is 1. The Labute approximate surface area is 196 Å². The topological polar surface area (TPSA) is 85.4 Å². The molecule has 2 fully saturated rings. The fourth-order valence-electron chi connectivity index (χ4n) is 3.97. The van der Waals surface area contributed by atoms with E-state index in [0.29, 0.717) is 45.6 Å². The number of nitrogens with zero attached hydrogens (tertiary/aromatic N) is 4. The number of rotatable bonds is 9. The lowest BCUT2D eigenvalue weighted by molar-refractivity contribution is -0.193. The summed E-state index contributed by atoms with van der Waals surface area (Å²) in [6.07, 6.45) is 7.28. The summed E-state index contributed by atoms with van der Waals surface area (Å²) in [5.41, 5.74) is 1.12. The number of carbonyl (C=O) groups excluding carboxylic acids is 3. The Morgan fingerprint density at radius 2 is 1.97 bits per heavy atom. The van der Waals surface area contributed by atoms with E-state index in [1.807, 2.05) is 61.4 Å². The SMILES string of the molecule is C#CCOCCN1CC2N(C(=O)CN(C)N2C)[C@@H](CCC)C1=O.O=CNCc1ccccc1. The number of hydrogen-bond acceptors (Lipinski definition) is 6. The van der Waals surface area contributed by atoms with Gasteiger partial charge in [-0.3, -0.25) is 14.4 Å². The largest absolute Gasteiger partial charge is 0.367 e. The summed E-state index contributed by atoms with van der Waals surface area (Å²) in [4.78, 5) is 38.7. The van der Waals surface area contributed by atoms with Gasteiger partial charge in [-0.15, -0.1) is 6.42 Å². The number of piperazine rings is 1. The molecule has 3 rings (SSSR count). The van der Waals surface area contributed by atoms with Crippen molar-refractivity contribution in [3.8, 4) is 12.3 Å². The summed E-state index contributed by atoms with van der Waals surface area (Å²) in [5, 5.41) is 6.52. The summed E-state index contributed by atoms with van der Waals surface area (Å²) in [7, 11) is 3.84. The summed E-state index contributed by atoms with van der Waals surface area (Å²) in [6, 6.07) is 9.40. The van der Waals surface area contributed by atoms with Crippen molar-refractivity contribution in [1.29, 1.82) is 0 Å². The Hall–Kier alpha value is -2.93. The summed E-state index contributed by atoms with van der Waals surface area (Å²) < 4.78 is 5.30. The van der Waals surface area contributed by atoms with Gasteiger partial charge < -0.3 is 19.9 Å². The maximum absolute atomic E-state index is 12.8. The number of ether oxygens (including phenoxy) is 1. The minimum atomic E-state index is -0.380. The van der Waals surface area contributed by atoms with E-state index in [4.69, 9.17) is 11.2 Å². The molecule has 2 aliphatic rings. The summed E-state index contributed by atoms with van der Waals surface area (Å²) >= 11 is 0. The van der Waals surface area contributed by atoms with Crippen LogP contribution in [0, 0.1) is 12.3 Å². The lowest BCUT2D eigenvalue weighted by Crippen LogP contribution is -2.73. The van der Waals surface area contributed by atoms with Crippen LogP contribution in [-0.4, -0.2) is 97.2 Å². The number of likely N-dealkylation sites (N-methyl/N-ethyl adjacent to an activating group) is 2. The molecule has 2 saturated heterocycles. The zero-order chi connectivity index (χ0) is 24.2. The lowest BCUT2D eigenvalue weighted by Gasteiger charge is -2.54. The first-order valence-corrected chi connectivity index (χ1v) is 11.2. The molecule has 0 bridgehead atoms. The minimum Gasteiger partial charge on any atom is -0.367 e. The van der Waals surface area contributed by atoms with Crippen LogP contribution in [0.3, 0.4) is 0 Å². The van der Waals surface area contributed by atoms with Gasteiger partial charge in [0.05, 0.1) is 19.7 Å². The fraction of sp³-hybridized carbons (Fsp3) is 0.542. The van der Waals surface area contributed by atoms with Crippen molar-refractivity contribution >= 4 is 18.2 Å². The second-order valence-corrected chi connectivity index (χ2v) is 8.00. The molecule has 0 radical (unpaired) electrons. The smallest absolute Gasteiger partial charge is 0.245 e. The molecule has 2 aliphatic heterocycles. The van der Waals surface area contributed by atoms with E-state index in [1.165, 1.54) is 0 Å². The number of hydrazine groups is 1. The normalized spacial score (nSPS) is 21.0. The molecule has 2 atom stereocenters. The maximum Gasteiger partial charge on any atom is 0.245 e. The van der Waals surface area contributed by atoms with Gasteiger partial charge in [0.2, 0.25) is 18.2 Å². The van der Waals surface area contributed by atoms with Gasteiger partial charge in [-0.2, -0.15) is 0 Å². The van der Waals surface area contributed by atoms with Crippen molar-refractivity contribution in [2.45, 2.75) is 38.5 Å². The number of nitrogens with one attached hydrogen (secondary N) is 1. The van der Waals surface area contributed by atoms with Crippen LogP contribution in [0.15, 0.2) is 30.3 Å². The van der Waals surface area contributed by atoms with Crippen molar-refractivity contribution in [1.82, 2.24) is 25.1 Å². The fourth-order valence-corrected chi connectivity index (χ4v) is 3.97. The highest BCUT2D eigenvalue weighted by molar-refractivity contribution is 5.90. The molecule has 9 nitrogen and oxygen atoms in total. The second kappa shape index (κ2) is 13.6. The quantitative estimate of drug-likeness (QED) is 0.331. The van der Waals surface area contributed by atoms with Gasteiger partial charge >= 0.3 is 0 Å². The van der Waals surface area contributed by atoms with Crippen LogP contribution in [-0.2, 0) is 25.7 Å². The summed E-state index contributed by atoms with van der Waals surface area (Å²) in [6.45, 7) is 4.60. The molecule has 3 amide bonds. The van der Waals surface area contributed by atoms with Gasteiger partial charge in [0.25, 0.3) is 0 Å². The first kappa shape index (κ1) is 26.3. The molecular formula is C24H35N5O4. The van der Waals surface area contributed by atoms with Gasteiger partial charge in [0.1, 0.15) is 18.8 Å². The van der Waals surface area contributed by atoms with Crippen molar-refractivity contribution in [3.63, 3.8) is 0 Å². The van der Waals surface area contributed by atoms with Crippen LogP contribution in [0.25, 0.3) is 0 Å². The van der Waals surface area contributed by atoms with Crippen molar-refractivity contribution in [2.75, 3.05) is 46.9 Å². The van der Waals surface area contributed by atoms with E-state index in [-0.39, 0.29) is 30.6 Å². The number of fused-ring (bicyclic) bond motifs is 1. The van der Waals surface area contributed by atoms with Gasteiger partial charge in [-0.25, -0.2) is 10.0 Å². The van der Waals surface area contributed by atoms with Crippen LogP contribution in [0.1, 0.15) is 25.3 Å². The number of amides is 3. The molecule has 0 aromatic heterocycles.